The van der Waals surface area contributed by atoms with Gasteiger partial charge in [-0.15, -0.1) is 0 Å². The minimum absolute atomic E-state index is 0.352. The van der Waals surface area contributed by atoms with Crippen LogP contribution in [0, 0.1) is 0 Å². The Labute approximate surface area is 79.1 Å². The van der Waals surface area contributed by atoms with E-state index in [1.807, 2.05) is 0 Å². The van der Waals surface area contributed by atoms with Crippen molar-refractivity contribution in [2.45, 2.75) is 5.79 Å². The van der Waals surface area contributed by atoms with Crippen LogP contribution in [0.3, 0.4) is 0 Å². The molecule has 14 heavy (non-hydrogen) atoms. The maximum absolute atomic E-state index is 10.8. The average molecular weight is 192 g/mol. The molecular formula is C10H8O4. The molecule has 0 saturated heterocycles. The van der Waals surface area contributed by atoms with Gasteiger partial charge in [-0.1, -0.05) is 24.3 Å². The average Bonchev–Trinajstić information content (AvgIpc) is 2.33. The van der Waals surface area contributed by atoms with Gasteiger partial charge in [0.1, 0.15) is 5.57 Å². The van der Waals surface area contributed by atoms with Crippen LogP contribution in [0.5, 0.6) is 0 Å². The molecular weight excluding hydrogens is 184 g/mol. The molecule has 1 aromatic carbocycles. The summed E-state index contributed by atoms with van der Waals surface area (Å²) >= 11 is 0. The van der Waals surface area contributed by atoms with E-state index >= 15 is 0 Å². The number of carboxylic acid groups (broad SMARTS) is 1. The van der Waals surface area contributed by atoms with Crippen molar-refractivity contribution in [2.24, 2.45) is 0 Å². The van der Waals surface area contributed by atoms with Gasteiger partial charge in [-0.2, -0.15) is 0 Å². The fourth-order valence-electron chi connectivity index (χ4n) is 1.61. The summed E-state index contributed by atoms with van der Waals surface area (Å²) in [6, 6.07) is 6.53. The van der Waals surface area contributed by atoms with Crippen molar-refractivity contribution in [3.05, 3.63) is 34.7 Å². The molecule has 1 aromatic rings. The summed E-state index contributed by atoms with van der Waals surface area (Å²) in [5.41, 5.74) is -0.395. The molecule has 72 valence electrons. The number of carbonyl (C=O) groups is 1. The number of fused-ring (bicyclic) bond motifs is 1. The third-order valence-electron chi connectivity index (χ3n) is 2.17. The van der Waals surface area contributed by atoms with Crippen molar-refractivity contribution in [3.63, 3.8) is 0 Å². The molecule has 0 bridgehead atoms. The van der Waals surface area contributed by atoms with Crippen LogP contribution in [0.25, 0.3) is 11.6 Å². The Morgan fingerprint density at radius 1 is 1.21 bits per heavy atom. The second kappa shape index (κ2) is 2.67. The normalized spacial score (nSPS) is 17.4. The quantitative estimate of drug-likeness (QED) is 0.468. The molecule has 0 aromatic heterocycles. The molecule has 3 N–H and O–H groups in total. The zero-order chi connectivity index (χ0) is 10.3. The lowest BCUT2D eigenvalue weighted by molar-refractivity contribution is -0.134. The molecule has 0 unspecified atom stereocenters. The summed E-state index contributed by atoms with van der Waals surface area (Å²) in [5, 5.41) is 28.5. The summed E-state index contributed by atoms with van der Waals surface area (Å²) in [6.45, 7) is 0. The van der Waals surface area contributed by atoms with Crippen molar-refractivity contribution in [1.29, 1.82) is 0 Å². The lowest BCUT2D eigenvalue weighted by Crippen LogP contribution is -2.32. The van der Waals surface area contributed by atoms with Crippen LogP contribution in [-0.2, 0) is 4.79 Å². The molecule has 0 atom stereocenters. The van der Waals surface area contributed by atoms with Crippen LogP contribution in [0.1, 0.15) is 0 Å². The monoisotopic (exact) mass is 192 g/mol. The highest BCUT2D eigenvalue weighted by atomic mass is 16.5. The van der Waals surface area contributed by atoms with Crippen LogP contribution in [0.4, 0.5) is 0 Å². The SMILES string of the molecule is O=C(O)C1=c2ccccc2=CC1(O)O. The van der Waals surface area contributed by atoms with E-state index in [2.05, 4.69) is 0 Å². The Morgan fingerprint density at radius 3 is 2.50 bits per heavy atom. The van der Waals surface area contributed by atoms with E-state index in [4.69, 9.17) is 5.11 Å². The van der Waals surface area contributed by atoms with Crippen molar-refractivity contribution in [3.8, 4) is 0 Å². The van der Waals surface area contributed by atoms with Gasteiger partial charge < -0.3 is 15.3 Å². The van der Waals surface area contributed by atoms with Gasteiger partial charge in [0.15, 0.2) is 0 Å². The molecule has 1 aliphatic rings. The molecule has 4 heteroatoms. The standard InChI is InChI=1S/C10H8O4/c11-9(12)8-7-4-2-1-3-6(7)5-10(8,13)14/h1-5,13-14H,(H,11,12). The van der Waals surface area contributed by atoms with Gasteiger partial charge in [0, 0.05) is 0 Å². The molecule has 0 saturated carbocycles. The highest BCUT2D eigenvalue weighted by Crippen LogP contribution is 2.17. The van der Waals surface area contributed by atoms with Crippen molar-refractivity contribution < 1.29 is 20.1 Å². The summed E-state index contributed by atoms with van der Waals surface area (Å²) < 4.78 is 0. The predicted octanol–water partition coefficient (Wildman–Crippen LogP) is -1.60. The molecule has 2 rings (SSSR count). The second-order valence-corrected chi connectivity index (χ2v) is 3.14. The summed E-state index contributed by atoms with van der Waals surface area (Å²) in [4.78, 5) is 10.8. The third-order valence-corrected chi connectivity index (χ3v) is 2.17. The van der Waals surface area contributed by atoms with E-state index < -0.39 is 17.3 Å². The molecule has 0 fully saturated rings. The summed E-state index contributed by atoms with van der Waals surface area (Å²) in [5.74, 6) is -3.69. The van der Waals surface area contributed by atoms with E-state index in [0.717, 1.165) is 6.08 Å². The van der Waals surface area contributed by atoms with Crippen LogP contribution in [0.2, 0.25) is 0 Å². The zero-order valence-corrected chi connectivity index (χ0v) is 7.14. The molecule has 0 spiro atoms. The molecule has 0 aliphatic heterocycles. The topological polar surface area (TPSA) is 77.8 Å². The van der Waals surface area contributed by atoms with Crippen LogP contribution >= 0.6 is 0 Å². The first-order valence-electron chi connectivity index (χ1n) is 4.03. The largest absolute Gasteiger partial charge is 0.478 e. The Morgan fingerprint density at radius 2 is 1.86 bits per heavy atom. The number of aliphatic carboxylic acids is 1. The van der Waals surface area contributed by atoms with E-state index in [0.29, 0.717) is 10.4 Å². The molecule has 1 aliphatic carbocycles. The Kier molecular flexibility index (Phi) is 1.70. The molecule has 0 radical (unpaired) electrons. The number of hydrogen-bond donors (Lipinski definition) is 3. The Balaban J connectivity index is 2.90. The van der Waals surface area contributed by atoms with Gasteiger partial charge in [0.05, 0.1) is 0 Å². The molecule has 4 nitrogen and oxygen atoms in total. The van der Waals surface area contributed by atoms with Crippen molar-refractivity contribution >= 4 is 17.6 Å². The highest BCUT2D eigenvalue weighted by Gasteiger charge is 2.35. The minimum atomic E-state index is -2.37. The van der Waals surface area contributed by atoms with Gasteiger partial charge in [0.25, 0.3) is 0 Å². The lowest BCUT2D eigenvalue weighted by atomic mass is 10.1. The van der Waals surface area contributed by atoms with Crippen molar-refractivity contribution in [2.75, 3.05) is 0 Å². The number of benzene rings is 1. The van der Waals surface area contributed by atoms with Gasteiger partial charge in [0.2, 0.25) is 5.79 Å². The van der Waals surface area contributed by atoms with E-state index in [1.165, 1.54) is 0 Å². The number of hydrogen-bond acceptors (Lipinski definition) is 3. The maximum Gasteiger partial charge on any atom is 0.338 e. The van der Waals surface area contributed by atoms with Crippen LogP contribution in [-0.4, -0.2) is 27.1 Å². The number of rotatable bonds is 1. The highest BCUT2D eigenvalue weighted by molar-refractivity contribution is 6.13. The van der Waals surface area contributed by atoms with Gasteiger partial charge in [-0.3, -0.25) is 0 Å². The molecule has 0 amide bonds. The summed E-state index contributed by atoms with van der Waals surface area (Å²) in [6.07, 6.45) is 1.12. The maximum atomic E-state index is 10.8. The van der Waals surface area contributed by atoms with Crippen molar-refractivity contribution in [1.82, 2.24) is 0 Å². The number of carboxylic acids is 1. The fraction of sp³-hybridized carbons (Fsp3) is 0.100. The first-order valence-corrected chi connectivity index (χ1v) is 4.03. The second-order valence-electron chi connectivity index (χ2n) is 3.14. The first kappa shape index (κ1) is 8.93. The van der Waals surface area contributed by atoms with Gasteiger partial charge >= 0.3 is 5.97 Å². The number of aliphatic hydroxyl groups is 2. The van der Waals surface area contributed by atoms with Gasteiger partial charge in [-0.05, 0) is 16.5 Å². The smallest absolute Gasteiger partial charge is 0.338 e. The zero-order valence-electron chi connectivity index (χ0n) is 7.14. The first-order chi connectivity index (χ1) is 6.52. The predicted molar refractivity (Wildman–Crippen MR) is 48.4 cm³/mol. The van der Waals surface area contributed by atoms with Crippen LogP contribution < -0.4 is 10.4 Å². The Hall–Kier alpha value is -1.65. The Bertz CT molecular complexity index is 513. The lowest BCUT2D eigenvalue weighted by Gasteiger charge is -2.13. The summed E-state index contributed by atoms with van der Waals surface area (Å²) in [7, 11) is 0. The van der Waals surface area contributed by atoms with E-state index in [1.54, 1.807) is 24.3 Å². The third kappa shape index (κ3) is 1.13. The molecule has 0 heterocycles. The fourth-order valence-corrected chi connectivity index (χ4v) is 1.61. The van der Waals surface area contributed by atoms with E-state index in [9.17, 15) is 15.0 Å². The minimum Gasteiger partial charge on any atom is -0.478 e. The van der Waals surface area contributed by atoms with E-state index in [-0.39, 0.29) is 0 Å². The van der Waals surface area contributed by atoms with Gasteiger partial charge in [-0.25, -0.2) is 4.79 Å². The van der Waals surface area contributed by atoms with Crippen LogP contribution in [0.15, 0.2) is 24.3 Å².